The van der Waals surface area contributed by atoms with Crippen molar-refractivity contribution < 1.29 is 4.74 Å². The molecule has 1 aromatic heterocycles. The maximum atomic E-state index is 6.98. The van der Waals surface area contributed by atoms with Gasteiger partial charge in [0.25, 0.3) is 6.71 Å². The van der Waals surface area contributed by atoms with Gasteiger partial charge >= 0.3 is 0 Å². The van der Waals surface area contributed by atoms with Crippen LogP contribution in [0.1, 0.15) is 25.0 Å². The molecule has 2 aliphatic heterocycles. The Hall–Kier alpha value is -6.59. The first-order valence-electron chi connectivity index (χ1n) is 18.3. The van der Waals surface area contributed by atoms with E-state index in [0.717, 1.165) is 34.2 Å². The van der Waals surface area contributed by atoms with Crippen molar-refractivity contribution in [2.24, 2.45) is 0 Å². The summed E-state index contributed by atoms with van der Waals surface area (Å²) >= 11 is 0. The van der Waals surface area contributed by atoms with Gasteiger partial charge in [0.05, 0.1) is 5.69 Å². The average Bonchev–Trinajstić information content (AvgIpc) is 3.43. The minimum Gasteiger partial charge on any atom is -0.458 e. The van der Waals surface area contributed by atoms with Crippen molar-refractivity contribution >= 4 is 68.0 Å². The number of pyridine rings is 1. The molecular weight excluding hydrogens is 645 g/mol. The Morgan fingerprint density at radius 2 is 1.26 bits per heavy atom. The lowest BCUT2D eigenvalue weighted by Crippen LogP contribution is -2.59. The number of ether oxygens (including phenoxy) is 1. The monoisotopic (exact) mass is 679 g/mol. The van der Waals surface area contributed by atoms with E-state index in [0.29, 0.717) is 0 Å². The molecule has 0 saturated carbocycles. The molecule has 0 saturated heterocycles. The Balaban J connectivity index is 1.14. The molecule has 11 rings (SSSR count). The normalized spacial score (nSPS) is 14.1. The first-order chi connectivity index (χ1) is 26.1. The lowest BCUT2D eigenvalue weighted by atomic mass is 9.34. The molecule has 53 heavy (non-hydrogen) atoms. The molecule has 3 heterocycles. The Morgan fingerprint density at radius 1 is 0.585 bits per heavy atom. The molecule has 4 nitrogen and oxygen atoms in total. The third-order valence-electron chi connectivity index (χ3n) is 11.6. The smallest absolute Gasteiger partial charge is 0.256 e. The maximum absolute atomic E-state index is 6.98. The summed E-state index contributed by atoms with van der Waals surface area (Å²) in [5.74, 6) is 1.85. The highest BCUT2D eigenvalue weighted by atomic mass is 16.5. The molecule has 0 unspecified atom stereocenters. The second-order valence-corrected chi connectivity index (χ2v) is 14.8. The van der Waals surface area contributed by atoms with Crippen LogP contribution in [0.25, 0.3) is 21.9 Å². The zero-order chi connectivity index (χ0) is 35.3. The molecule has 0 bridgehead atoms. The van der Waals surface area contributed by atoms with Crippen molar-refractivity contribution in [3.8, 4) is 22.6 Å². The standard InChI is InChI=1S/C48H34BN3O/c1-48(2)37-29-40-45(53-44-23-13-22-42-47(44)49(40)39-20-11-12-21-41(39)52(42)32-16-7-4-8-17-32)28-36(37)46-35-19-10-9-18-34(35)43(30-38(46)48)51(31-14-5-3-6-15-31)33-24-26-50-27-25-33/h3-30H,1-2H3. The highest BCUT2D eigenvalue weighted by molar-refractivity contribution is 6.99. The number of fused-ring (bicyclic) bond motifs is 9. The van der Waals surface area contributed by atoms with Gasteiger partial charge in [0, 0.05) is 51.6 Å². The summed E-state index contributed by atoms with van der Waals surface area (Å²) in [6.45, 7) is 4.81. The molecule has 8 aromatic rings. The summed E-state index contributed by atoms with van der Waals surface area (Å²) in [4.78, 5) is 9.11. The summed E-state index contributed by atoms with van der Waals surface area (Å²) in [7, 11) is 0. The van der Waals surface area contributed by atoms with Gasteiger partial charge in [0.2, 0.25) is 0 Å². The van der Waals surface area contributed by atoms with E-state index < -0.39 is 0 Å². The lowest BCUT2D eigenvalue weighted by Gasteiger charge is -2.40. The fraction of sp³-hybridized carbons (Fsp3) is 0.0625. The molecular formula is C48H34BN3O. The summed E-state index contributed by atoms with van der Waals surface area (Å²) < 4.78 is 6.98. The minimum absolute atomic E-state index is 0.0403. The van der Waals surface area contributed by atoms with E-state index in [1.807, 2.05) is 12.4 Å². The SMILES string of the molecule is CC1(C)c2cc3c(cc2-c2c1cc(N(c1ccccc1)c1ccncc1)c1ccccc21)Oc1cccc2c1B3c1ccccc1N2c1ccccc1. The van der Waals surface area contributed by atoms with Gasteiger partial charge in [-0.3, -0.25) is 4.98 Å². The number of aromatic nitrogens is 1. The molecule has 3 aliphatic rings. The predicted octanol–water partition coefficient (Wildman–Crippen LogP) is 10.4. The van der Waals surface area contributed by atoms with Gasteiger partial charge in [-0.25, -0.2) is 0 Å². The Morgan fingerprint density at radius 3 is 2.08 bits per heavy atom. The number of nitrogens with zero attached hydrogens (tertiary/aromatic N) is 3. The zero-order valence-electron chi connectivity index (χ0n) is 29.5. The van der Waals surface area contributed by atoms with E-state index in [-0.39, 0.29) is 12.1 Å². The van der Waals surface area contributed by atoms with Crippen LogP contribution in [0.5, 0.6) is 11.5 Å². The van der Waals surface area contributed by atoms with Crippen molar-refractivity contribution in [3.63, 3.8) is 0 Å². The van der Waals surface area contributed by atoms with Crippen molar-refractivity contribution in [1.82, 2.24) is 4.98 Å². The fourth-order valence-corrected chi connectivity index (χ4v) is 9.23. The number of anilines is 6. The highest BCUT2D eigenvalue weighted by Crippen LogP contribution is 2.55. The molecule has 1 aliphatic carbocycles. The highest BCUT2D eigenvalue weighted by Gasteiger charge is 2.45. The van der Waals surface area contributed by atoms with Crippen molar-refractivity contribution in [2.75, 3.05) is 9.80 Å². The van der Waals surface area contributed by atoms with Crippen molar-refractivity contribution in [3.05, 3.63) is 181 Å². The van der Waals surface area contributed by atoms with Crippen LogP contribution >= 0.6 is 0 Å². The molecule has 7 aromatic carbocycles. The molecule has 0 spiro atoms. The van der Waals surface area contributed by atoms with Crippen LogP contribution < -0.4 is 30.9 Å². The molecule has 5 heteroatoms. The van der Waals surface area contributed by atoms with Crippen LogP contribution in [0, 0.1) is 0 Å². The third kappa shape index (κ3) is 4.28. The summed E-state index contributed by atoms with van der Waals surface area (Å²) in [5.41, 5.74) is 15.5. The Labute approximate surface area is 309 Å². The first kappa shape index (κ1) is 30.1. The van der Waals surface area contributed by atoms with E-state index in [9.17, 15) is 0 Å². The molecule has 250 valence electrons. The van der Waals surface area contributed by atoms with E-state index in [4.69, 9.17) is 4.74 Å². The van der Waals surface area contributed by atoms with Crippen LogP contribution in [-0.2, 0) is 5.41 Å². The first-order valence-corrected chi connectivity index (χ1v) is 18.3. The Kier molecular flexibility index (Phi) is 6.36. The third-order valence-corrected chi connectivity index (χ3v) is 11.6. The molecule has 0 amide bonds. The van der Waals surface area contributed by atoms with E-state index in [1.165, 1.54) is 60.8 Å². The van der Waals surface area contributed by atoms with Crippen molar-refractivity contribution in [2.45, 2.75) is 19.3 Å². The topological polar surface area (TPSA) is 28.6 Å². The number of benzene rings is 7. The van der Waals surface area contributed by atoms with Crippen LogP contribution in [0.15, 0.2) is 170 Å². The van der Waals surface area contributed by atoms with Crippen LogP contribution in [0.3, 0.4) is 0 Å². The van der Waals surface area contributed by atoms with Gasteiger partial charge in [-0.15, -0.1) is 0 Å². The van der Waals surface area contributed by atoms with Gasteiger partial charge in [0.15, 0.2) is 0 Å². The van der Waals surface area contributed by atoms with Gasteiger partial charge < -0.3 is 14.5 Å². The largest absolute Gasteiger partial charge is 0.458 e. The maximum Gasteiger partial charge on any atom is 0.256 e. The summed E-state index contributed by atoms with van der Waals surface area (Å²) in [6.07, 6.45) is 3.74. The van der Waals surface area contributed by atoms with E-state index in [2.05, 4.69) is 186 Å². The summed E-state index contributed by atoms with van der Waals surface area (Å²) in [5, 5.41) is 2.44. The number of hydrogen-bond donors (Lipinski definition) is 0. The van der Waals surface area contributed by atoms with E-state index in [1.54, 1.807) is 0 Å². The summed E-state index contributed by atoms with van der Waals surface area (Å²) in [6, 6.07) is 57.0. The van der Waals surface area contributed by atoms with Crippen LogP contribution in [0.4, 0.5) is 34.1 Å². The van der Waals surface area contributed by atoms with Gasteiger partial charge in [-0.1, -0.05) is 105 Å². The number of rotatable bonds is 4. The fourth-order valence-electron chi connectivity index (χ4n) is 9.23. The number of para-hydroxylation sites is 3. The van der Waals surface area contributed by atoms with Gasteiger partial charge in [0.1, 0.15) is 11.5 Å². The van der Waals surface area contributed by atoms with Crippen LogP contribution in [-0.4, -0.2) is 11.7 Å². The molecule has 0 atom stereocenters. The number of hydrogen-bond acceptors (Lipinski definition) is 4. The molecule has 0 fully saturated rings. The van der Waals surface area contributed by atoms with Gasteiger partial charge in [-0.05, 0) is 111 Å². The molecule has 0 radical (unpaired) electrons. The van der Waals surface area contributed by atoms with E-state index >= 15 is 0 Å². The average molecular weight is 680 g/mol. The van der Waals surface area contributed by atoms with Crippen molar-refractivity contribution in [1.29, 1.82) is 0 Å². The minimum atomic E-state index is -0.275. The second-order valence-electron chi connectivity index (χ2n) is 14.8. The lowest BCUT2D eigenvalue weighted by molar-refractivity contribution is 0.487. The van der Waals surface area contributed by atoms with Gasteiger partial charge in [-0.2, -0.15) is 0 Å². The zero-order valence-corrected chi connectivity index (χ0v) is 29.5. The molecule has 0 N–H and O–H groups in total. The van der Waals surface area contributed by atoms with Crippen LogP contribution in [0.2, 0.25) is 0 Å². The predicted molar refractivity (Wildman–Crippen MR) is 220 cm³/mol. The quantitative estimate of drug-likeness (QED) is 0.173. The Bertz CT molecular complexity index is 2710. The second kappa shape index (κ2) is 11.2.